The summed E-state index contributed by atoms with van der Waals surface area (Å²) >= 11 is 0. The third-order valence-corrected chi connectivity index (χ3v) is 1.91. The van der Waals surface area contributed by atoms with Gasteiger partial charge in [0.05, 0.1) is 33.1 Å². The summed E-state index contributed by atoms with van der Waals surface area (Å²) in [6.45, 7) is 0. The Kier molecular flexibility index (Phi) is 4.93. The summed E-state index contributed by atoms with van der Waals surface area (Å²) in [4.78, 5) is -0.0741. The topological polar surface area (TPSA) is 54.4 Å². The standard InChI is InChI=1S/C6H6O3S.C4H12N/c7-10(8,9)6-4-2-1-3-5-6;1-5(2,3)4/h1-5H,(H,7,8,9);1-4H3/q;+1. The van der Waals surface area contributed by atoms with Crippen molar-refractivity contribution in [3.05, 3.63) is 30.3 Å². The van der Waals surface area contributed by atoms with E-state index in [9.17, 15) is 8.42 Å². The summed E-state index contributed by atoms with van der Waals surface area (Å²) in [6, 6.07) is 7.42. The van der Waals surface area contributed by atoms with E-state index in [4.69, 9.17) is 4.55 Å². The summed E-state index contributed by atoms with van der Waals surface area (Å²) in [5, 5.41) is 0. The Morgan fingerprint density at radius 3 is 1.53 bits per heavy atom. The molecule has 0 fully saturated rings. The molecule has 0 saturated heterocycles. The lowest BCUT2D eigenvalue weighted by Gasteiger charge is -2.14. The van der Waals surface area contributed by atoms with Crippen LogP contribution in [0.4, 0.5) is 0 Å². The maximum Gasteiger partial charge on any atom is 0.294 e. The molecule has 1 aromatic rings. The van der Waals surface area contributed by atoms with E-state index in [1.807, 2.05) is 0 Å². The molecule has 5 heteroatoms. The van der Waals surface area contributed by atoms with Crippen LogP contribution in [-0.4, -0.2) is 45.6 Å². The van der Waals surface area contributed by atoms with Gasteiger partial charge in [0.1, 0.15) is 0 Å². The van der Waals surface area contributed by atoms with Crippen LogP contribution in [0.2, 0.25) is 0 Å². The van der Waals surface area contributed by atoms with Crippen LogP contribution < -0.4 is 0 Å². The zero-order valence-corrected chi connectivity index (χ0v) is 10.3. The molecule has 15 heavy (non-hydrogen) atoms. The van der Waals surface area contributed by atoms with E-state index in [2.05, 4.69) is 28.2 Å². The fourth-order valence-corrected chi connectivity index (χ4v) is 1.09. The van der Waals surface area contributed by atoms with Crippen LogP contribution in [0.5, 0.6) is 0 Å². The minimum absolute atomic E-state index is 0.0741. The third kappa shape index (κ3) is 9.40. The van der Waals surface area contributed by atoms with E-state index in [0.717, 1.165) is 4.48 Å². The van der Waals surface area contributed by atoms with E-state index < -0.39 is 10.1 Å². The molecule has 0 saturated carbocycles. The van der Waals surface area contributed by atoms with Gasteiger partial charge in [-0.25, -0.2) is 0 Å². The van der Waals surface area contributed by atoms with Crippen molar-refractivity contribution in [3.63, 3.8) is 0 Å². The van der Waals surface area contributed by atoms with Gasteiger partial charge in [-0.1, -0.05) is 18.2 Å². The van der Waals surface area contributed by atoms with Crippen LogP contribution in [0.1, 0.15) is 0 Å². The van der Waals surface area contributed by atoms with E-state index >= 15 is 0 Å². The molecule has 1 N–H and O–H groups in total. The normalized spacial score (nSPS) is 11.5. The first-order chi connectivity index (χ1) is 6.61. The SMILES string of the molecule is C[N+](C)(C)C.O=S(=O)(O)c1ccccc1. The zero-order chi connectivity index (χ0) is 12.1. The minimum Gasteiger partial charge on any atom is -0.333 e. The van der Waals surface area contributed by atoms with Crippen molar-refractivity contribution in [2.75, 3.05) is 28.2 Å². The van der Waals surface area contributed by atoms with Gasteiger partial charge in [0.25, 0.3) is 10.1 Å². The lowest BCUT2D eigenvalue weighted by Crippen LogP contribution is -2.27. The first-order valence-electron chi connectivity index (χ1n) is 4.42. The van der Waals surface area contributed by atoms with Gasteiger partial charge in [-0.3, -0.25) is 4.55 Å². The maximum atomic E-state index is 10.4. The molecule has 0 atom stereocenters. The molecule has 0 heterocycles. The van der Waals surface area contributed by atoms with Gasteiger partial charge in [-0.15, -0.1) is 0 Å². The predicted octanol–water partition coefficient (Wildman–Crippen LogP) is 1.26. The van der Waals surface area contributed by atoms with Crippen LogP contribution in [0, 0.1) is 0 Å². The molecule has 1 rings (SSSR count). The van der Waals surface area contributed by atoms with E-state index in [-0.39, 0.29) is 4.90 Å². The summed E-state index contributed by atoms with van der Waals surface area (Å²) in [5.41, 5.74) is 0. The van der Waals surface area contributed by atoms with Crippen molar-refractivity contribution >= 4 is 10.1 Å². The summed E-state index contributed by atoms with van der Waals surface area (Å²) in [6.07, 6.45) is 0. The molecule has 0 spiro atoms. The zero-order valence-electron chi connectivity index (χ0n) is 9.51. The third-order valence-electron chi connectivity index (χ3n) is 1.04. The maximum absolute atomic E-state index is 10.4. The molecule has 0 amide bonds. The molecule has 4 nitrogen and oxygen atoms in total. The number of nitrogens with zero attached hydrogens (tertiary/aromatic N) is 1. The quantitative estimate of drug-likeness (QED) is 0.586. The van der Waals surface area contributed by atoms with Gasteiger partial charge >= 0.3 is 0 Å². The second-order valence-corrected chi connectivity index (χ2v) is 5.89. The van der Waals surface area contributed by atoms with Crippen molar-refractivity contribution in [3.8, 4) is 0 Å². The van der Waals surface area contributed by atoms with Gasteiger partial charge in [0.15, 0.2) is 0 Å². The van der Waals surface area contributed by atoms with Crippen LogP contribution in [0.25, 0.3) is 0 Å². The fraction of sp³-hybridized carbons (Fsp3) is 0.400. The number of rotatable bonds is 1. The van der Waals surface area contributed by atoms with Gasteiger partial charge in [0.2, 0.25) is 0 Å². The highest BCUT2D eigenvalue weighted by atomic mass is 32.2. The lowest BCUT2D eigenvalue weighted by atomic mass is 10.4. The van der Waals surface area contributed by atoms with Crippen LogP contribution >= 0.6 is 0 Å². The van der Waals surface area contributed by atoms with Crippen LogP contribution in [0.3, 0.4) is 0 Å². The average molecular weight is 232 g/mol. The second-order valence-electron chi connectivity index (χ2n) is 4.47. The van der Waals surface area contributed by atoms with E-state index in [0.29, 0.717) is 0 Å². The molecule has 86 valence electrons. The number of hydrogen-bond donors (Lipinski definition) is 1. The van der Waals surface area contributed by atoms with Gasteiger partial charge in [-0.05, 0) is 12.1 Å². The Balaban J connectivity index is 0.000000336. The highest BCUT2D eigenvalue weighted by Crippen LogP contribution is 2.05. The summed E-state index contributed by atoms with van der Waals surface area (Å²) in [7, 11) is 4.50. The summed E-state index contributed by atoms with van der Waals surface area (Å²) < 4.78 is 30.2. The van der Waals surface area contributed by atoms with E-state index in [1.54, 1.807) is 18.2 Å². The number of hydrogen-bond acceptors (Lipinski definition) is 2. The van der Waals surface area contributed by atoms with Gasteiger partial charge < -0.3 is 4.48 Å². The summed E-state index contributed by atoms with van der Waals surface area (Å²) in [5.74, 6) is 0. The highest BCUT2D eigenvalue weighted by molar-refractivity contribution is 7.85. The molecule has 0 aromatic heterocycles. The number of benzene rings is 1. The number of quaternary nitrogens is 1. The van der Waals surface area contributed by atoms with Crippen molar-refractivity contribution in [1.29, 1.82) is 0 Å². The first kappa shape index (κ1) is 14.1. The largest absolute Gasteiger partial charge is 0.333 e. The molecule has 0 aliphatic rings. The Hall–Kier alpha value is -0.910. The molecule has 1 aromatic carbocycles. The Bertz CT molecular complexity index is 373. The second kappa shape index (κ2) is 5.25. The van der Waals surface area contributed by atoms with Crippen molar-refractivity contribution in [2.45, 2.75) is 4.90 Å². The van der Waals surface area contributed by atoms with Crippen molar-refractivity contribution in [1.82, 2.24) is 0 Å². The average Bonchev–Trinajstić information content (AvgIpc) is 2.01. The smallest absolute Gasteiger partial charge is 0.294 e. The highest BCUT2D eigenvalue weighted by Gasteiger charge is 2.05. The van der Waals surface area contributed by atoms with E-state index in [1.165, 1.54) is 12.1 Å². The molecule has 0 radical (unpaired) electrons. The monoisotopic (exact) mass is 232 g/mol. The van der Waals surface area contributed by atoms with Crippen molar-refractivity contribution < 1.29 is 17.5 Å². The first-order valence-corrected chi connectivity index (χ1v) is 5.86. The van der Waals surface area contributed by atoms with Crippen molar-refractivity contribution in [2.24, 2.45) is 0 Å². The molecule has 0 aliphatic carbocycles. The Labute approximate surface area is 91.5 Å². The fourth-order valence-electron chi connectivity index (χ4n) is 0.592. The predicted molar refractivity (Wildman–Crippen MR) is 60.2 cm³/mol. The van der Waals surface area contributed by atoms with Crippen LogP contribution in [-0.2, 0) is 10.1 Å². The molecule has 0 bridgehead atoms. The minimum atomic E-state index is -4.00. The Morgan fingerprint density at radius 1 is 1.00 bits per heavy atom. The molecule has 0 unspecified atom stereocenters. The lowest BCUT2D eigenvalue weighted by molar-refractivity contribution is -0.849. The molecular formula is C10H18NO3S+. The molecular weight excluding hydrogens is 214 g/mol. The molecule has 0 aliphatic heterocycles. The Morgan fingerprint density at radius 2 is 1.33 bits per heavy atom. The van der Waals surface area contributed by atoms with Gasteiger partial charge in [-0.2, -0.15) is 8.42 Å². The van der Waals surface area contributed by atoms with Gasteiger partial charge in [0, 0.05) is 0 Å². The van der Waals surface area contributed by atoms with Crippen LogP contribution in [0.15, 0.2) is 35.2 Å².